The monoisotopic (exact) mass is 458 g/mol. The lowest BCUT2D eigenvalue weighted by molar-refractivity contribution is 0.101. The molecular weight excluding hydrogens is 436 g/mol. The van der Waals surface area contributed by atoms with Crippen molar-refractivity contribution < 1.29 is 4.79 Å². The number of benzene rings is 2. The number of amides is 1. The summed E-state index contributed by atoms with van der Waals surface area (Å²) in [7, 11) is 0. The smallest absolute Gasteiger partial charge is 0.276 e. The average molecular weight is 459 g/mol. The van der Waals surface area contributed by atoms with Gasteiger partial charge in [0, 0.05) is 23.0 Å². The summed E-state index contributed by atoms with van der Waals surface area (Å²) in [5.74, 6) is 0.955. The van der Waals surface area contributed by atoms with E-state index < -0.39 is 0 Å². The van der Waals surface area contributed by atoms with Crippen LogP contribution in [-0.2, 0) is 5.75 Å². The fourth-order valence-electron chi connectivity index (χ4n) is 2.89. The van der Waals surface area contributed by atoms with Crippen LogP contribution >= 0.6 is 23.5 Å². The summed E-state index contributed by atoms with van der Waals surface area (Å²) in [6.45, 7) is 3.97. The lowest BCUT2D eigenvalue weighted by atomic mass is 10.2. The van der Waals surface area contributed by atoms with Crippen molar-refractivity contribution in [1.82, 2.24) is 15.0 Å². The fourth-order valence-corrected chi connectivity index (χ4v) is 4.55. The summed E-state index contributed by atoms with van der Waals surface area (Å²) in [5.41, 5.74) is 3.63. The molecule has 5 nitrogen and oxygen atoms in total. The molecule has 0 fully saturated rings. The molecule has 4 rings (SSSR count). The number of aryl methyl sites for hydroxylation is 2. The van der Waals surface area contributed by atoms with Gasteiger partial charge in [-0.1, -0.05) is 77.6 Å². The first-order valence-electron chi connectivity index (χ1n) is 10.1. The van der Waals surface area contributed by atoms with Crippen LogP contribution in [0.1, 0.15) is 27.2 Å². The molecule has 0 spiro atoms. The number of aromatic nitrogens is 3. The van der Waals surface area contributed by atoms with Crippen LogP contribution in [0, 0.1) is 13.8 Å². The minimum Gasteiger partial charge on any atom is -0.305 e. The number of hydrogen-bond acceptors (Lipinski definition) is 6. The molecule has 0 aliphatic rings. The first kappa shape index (κ1) is 22.0. The molecule has 2 aromatic carbocycles. The van der Waals surface area contributed by atoms with E-state index in [9.17, 15) is 4.79 Å². The highest BCUT2D eigenvalue weighted by atomic mass is 32.2. The summed E-state index contributed by atoms with van der Waals surface area (Å²) < 4.78 is 0. The maximum atomic E-state index is 13.2. The molecule has 1 N–H and O–H groups in total. The first-order valence-corrected chi connectivity index (χ1v) is 11.9. The normalized spacial score (nSPS) is 10.7. The Bertz CT molecular complexity index is 1210. The van der Waals surface area contributed by atoms with Crippen LogP contribution in [0.2, 0.25) is 0 Å². The maximum absolute atomic E-state index is 13.2. The van der Waals surface area contributed by atoms with E-state index >= 15 is 0 Å². The van der Waals surface area contributed by atoms with Crippen LogP contribution in [-0.4, -0.2) is 20.9 Å². The molecule has 0 aliphatic carbocycles. The van der Waals surface area contributed by atoms with Crippen molar-refractivity contribution in [3.8, 4) is 0 Å². The zero-order valence-electron chi connectivity index (χ0n) is 17.8. The number of thioether (sulfide) groups is 1. The van der Waals surface area contributed by atoms with Crippen molar-refractivity contribution in [1.29, 1.82) is 0 Å². The van der Waals surface area contributed by atoms with E-state index in [2.05, 4.69) is 51.5 Å². The second kappa shape index (κ2) is 10.4. The highest BCUT2D eigenvalue weighted by Gasteiger charge is 2.18. The van der Waals surface area contributed by atoms with E-state index in [-0.39, 0.29) is 5.91 Å². The second-order valence-corrected chi connectivity index (χ2v) is 9.24. The van der Waals surface area contributed by atoms with Gasteiger partial charge in [-0.2, -0.15) is 0 Å². The van der Waals surface area contributed by atoms with Crippen molar-refractivity contribution in [3.63, 3.8) is 0 Å². The van der Waals surface area contributed by atoms with E-state index in [1.165, 1.54) is 34.7 Å². The van der Waals surface area contributed by atoms with Crippen LogP contribution in [0.4, 0.5) is 5.82 Å². The van der Waals surface area contributed by atoms with Gasteiger partial charge in [-0.15, -0.1) is 0 Å². The van der Waals surface area contributed by atoms with Gasteiger partial charge >= 0.3 is 0 Å². The third-order valence-corrected chi connectivity index (χ3v) is 6.61. The lowest BCUT2D eigenvalue weighted by Gasteiger charge is -2.11. The molecule has 0 atom stereocenters. The molecular formula is C25H22N4OS2. The molecule has 7 heteroatoms. The van der Waals surface area contributed by atoms with Crippen molar-refractivity contribution in [2.24, 2.45) is 0 Å². The van der Waals surface area contributed by atoms with E-state index in [1.54, 1.807) is 12.4 Å². The van der Waals surface area contributed by atoms with Crippen LogP contribution in [0.25, 0.3) is 0 Å². The first-order chi connectivity index (χ1) is 15.6. The van der Waals surface area contributed by atoms with Crippen molar-refractivity contribution in [2.75, 3.05) is 5.32 Å². The molecule has 4 aromatic rings. The molecule has 2 aromatic heterocycles. The summed E-state index contributed by atoms with van der Waals surface area (Å²) in [4.78, 5) is 28.3. The summed E-state index contributed by atoms with van der Waals surface area (Å²) in [5, 5.41) is 3.46. The van der Waals surface area contributed by atoms with Crippen LogP contribution < -0.4 is 5.32 Å². The second-order valence-electron chi connectivity index (χ2n) is 7.18. The van der Waals surface area contributed by atoms with Gasteiger partial charge < -0.3 is 5.32 Å². The summed E-state index contributed by atoms with van der Waals surface area (Å²) in [6, 6.07) is 22.0. The zero-order chi connectivity index (χ0) is 22.3. The SMILES string of the molecule is Cc1ccc(CSc2ncc(Sc3ccccc3)c(C(=O)Nc3ncccc3C)n2)cc1. The van der Waals surface area contributed by atoms with Crippen LogP contribution in [0.3, 0.4) is 0 Å². The molecule has 0 radical (unpaired) electrons. The van der Waals surface area contributed by atoms with Gasteiger partial charge in [0.15, 0.2) is 5.16 Å². The van der Waals surface area contributed by atoms with Gasteiger partial charge in [0.1, 0.15) is 11.5 Å². The summed E-state index contributed by atoms with van der Waals surface area (Å²) in [6.07, 6.45) is 3.38. The molecule has 0 aliphatic heterocycles. The van der Waals surface area contributed by atoms with Crippen LogP contribution in [0.5, 0.6) is 0 Å². The van der Waals surface area contributed by atoms with Gasteiger partial charge in [-0.05, 0) is 43.2 Å². The maximum Gasteiger partial charge on any atom is 0.276 e. The molecule has 0 saturated heterocycles. The Balaban J connectivity index is 1.60. The van der Waals surface area contributed by atoms with Crippen LogP contribution in [0.15, 0.2) is 94.1 Å². The highest BCUT2D eigenvalue weighted by Crippen LogP contribution is 2.31. The number of hydrogen-bond donors (Lipinski definition) is 1. The van der Waals surface area contributed by atoms with Gasteiger partial charge in [0.05, 0.1) is 4.90 Å². The van der Waals surface area contributed by atoms with Gasteiger partial charge in [-0.3, -0.25) is 4.79 Å². The molecule has 0 bridgehead atoms. The predicted molar refractivity (Wildman–Crippen MR) is 130 cm³/mol. The third kappa shape index (κ3) is 5.75. The molecule has 2 heterocycles. The van der Waals surface area contributed by atoms with Crippen molar-refractivity contribution in [3.05, 3.63) is 102 Å². The molecule has 0 saturated carbocycles. The molecule has 0 unspecified atom stereocenters. The standard InChI is InChI=1S/C25H22N4OS2/c1-17-10-12-19(13-11-17)16-31-25-27-15-21(32-20-8-4-3-5-9-20)22(28-25)24(30)29-23-18(2)7-6-14-26-23/h3-15H,16H2,1-2H3,(H,26,29,30). The Kier molecular flexibility index (Phi) is 7.19. The largest absolute Gasteiger partial charge is 0.305 e. The quantitative estimate of drug-likeness (QED) is 0.263. The van der Waals surface area contributed by atoms with Gasteiger partial charge in [0.25, 0.3) is 5.91 Å². The van der Waals surface area contributed by atoms with E-state index in [0.717, 1.165) is 16.2 Å². The summed E-state index contributed by atoms with van der Waals surface area (Å²) >= 11 is 2.97. The highest BCUT2D eigenvalue weighted by molar-refractivity contribution is 7.99. The topological polar surface area (TPSA) is 67.8 Å². The number of anilines is 1. The van der Waals surface area contributed by atoms with Crippen molar-refractivity contribution >= 4 is 35.2 Å². The fraction of sp³-hybridized carbons (Fsp3) is 0.120. The number of rotatable bonds is 7. The minimum atomic E-state index is -0.301. The Hall–Kier alpha value is -3.16. The number of nitrogens with one attached hydrogen (secondary N) is 1. The zero-order valence-corrected chi connectivity index (χ0v) is 19.4. The Morgan fingerprint density at radius 3 is 2.47 bits per heavy atom. The van der Waals surface area contributed by atoms with Gasteiger partial charge in [0.2, 0.25) is 0 Å². The van der Waals surface area contributed by atoms with E-state index in [4.69, 9.17) is 0 Å². The van der Waals surface area contributed by atoms with E-state index in [1.807, 2.05) is 49.4 Å². The Morgan fingerprint density at radius 2 is 1.72 bits per heavy atom. The molecule has 32 heavy (non-hydrogen) atoms. The molecule has 1 amide bonds. The Labute approximate surface area is 196 Å². The number of pyridine rings is 1. The predicted octanol–water partition coefficient (Wildman–Crippen LogP) is 6.18. The minimum absolute atomic E-state index is 0.301. The Morgan fingerprint density at radius 1 is 0.938 bits per heavy atom. The van der Waals surface area contributed by atoms with E-state index in [0.29, 0.717) is 21.6 Å². The number of carbonyl (C=O) groups is 1. The number of nitrogens with zero attached hydrogens (tertiary/aromatic N) is 3. The third-order valence-electron chi connectivity index (χ3n) is 4.65. The number of carbonyl (C=O) groups excluding carboxylic acids is 1. The lowest BCUT2D eigenvalue weighted by Crippen LogP contribution is -2.17. The van der Waals surface area contributed by atoms with Gasteiger partial charge in [-0.25, -0.2) is 15.0 Å². The van der Waals surface area contributed by atoms with Crippen molar-refractivity contribution in [2.45, 2.75) is 34.5 Å². The average Bonchev–Trinajstić information content (AvgIpc) is 2.81. The molecule has 160 valence electrons.